The van der Waals surface area contributed by atoms with Gasteiger partial charge in [-0.05, 0) is 56.0 Å². The van der Waals surface area contributed by atoms with Gasteiger partial charge in [0.15, 0.2) is 0 Å². The van der Waals surface area contributed by atoms with E-state index in [1.807, 2.05) is 19.9 Å². The Kier molecular flexibility index (Phi) is 6.43. The second kappa shape index (κ2) is 8.64. The highest BCUT2D eigenvalue weighted by Gasteiger charge is 2.33. The van der Waals surface area contributed by atoms with E-state index in [1.54, 1.807) is 23.5 Å². The highest BCUT2D eigenvalue weighted by atomic mass is 32.2. The molecule has 2 aromatic rings. The van der Waals surface area contributed by atoms with Crippen LogP contribution in [0.3, 0.4) is 0 Å². The van der Waals surface area contributed by atoms with Gasteiger partial charge in [-0.25, -0.2) is 8.42 Å². The molecule has 1 fully saturated rings. The topological polar surface area (TPSA) is 49.9 Å². The van der Waals surface area contributed by atoms with E-state index < -0.39 is 10.0 Å². The van der Waals surface area contributed by atoms with E-state index in [0.29, 0.717) is 23.7 Å². The Hall–Kier alpha value is -1.89. The van der Waals surface area contributed by atoms with E-state index >= 15 is 0 Å². The fraction of sp³-hybridized carbons (Fsp3) is 0.455. The fourth-order valence-electron chi connectivity index (χ4n) is 3.99. The van der Waals surface area contributed by atoms with Gasteiger partial charge in [-0.3, -0.25) is 4.90 Å². The van der Waals surface area contributed by atoms with E-state index in [2.05, 4.69) is 36.1 Å². The summed E-state index contributed by atoms with van der Waals surface area (Å²) in [5, 5.41) is 0. The van der Waals surface area contributed by atoms with Crippen molar-refractivity contribution in [1.29, 1.82) is 0 Å². The SMILES string of the molecule is COc1cc(C)c(S(=O)(=O)N2CCN(CCc3ccccc3)C(C)C2)c(C)c1. The van der Waals surface area contributed by atoms with E-state index in [0.717, 1.165) is 30.6 Å². The molecule has 3 rings (SSSR count). The molecule has 0 amide bonds. The average Bonchev–Trinajstić information content (AvgIpc) is 2.67. The summed E-state index contributed by atoms with van der Waals surface area (Å²) in [6.07, 6.45) is 0.981. The molecule has 6 heteroatoms. The van der Waals surface area contributed by atoms with Gasteiger partial charge in [0.05, 0.1) is 12.0 Å². The maximum Gasteiger partial charge on any atom is 0.243 e. The van der Waals surface area contributed by atoms with Crippen LogP contribution in [-0.2, 0) is 16.4 Å². The zero-order chi connectivity index (χ0) is 20.3. The van der Waals surface area contributed by atoms with Crippen molar-refractivity contribution < 1.29 is 13.2 Å². The van der Waals surface area contributed by atoms with Crippen LogP contribution >= 0.6 is 0 Å². The minimum absolute atomic E-state index is 0.186. The zero-order valence-corrected chi connectivity index (χ0v) is 18.0. The van der Waals surface area contributed by atoms with Crippen molar-refractivity contribution in [2.45, 2.75) is 38.1 Å². The van der Waals surface area contributed by atoms with Gasteiger partial charge in [-0.1, -0.05) is 30.3 Å². The summed E-state index contributed by atoms with van der Waals surface area (Å²) in [5.74, 6) is 0.688. The molecule has 1 saturated heterocycles. The third-order valence-electron chi connectivity index (χ3n) is 5.53. The molecule has 5 nitrogen and oxygen atoms in total. The molecular weight excluding hydrogens is 372 g/mol. The molecule has 0 aliphatic carbocycles. The van der Waals surface area contributed by atoms with Crippen LogP contribution in [0.1, 0.15) is 23.6 Å². The van der Waals surface area contributed by atoms with E-state index in [-0.39, 0.29) is 6.04 Å². The van der Waals surface area contributed by atoms with Gasteiger partial charge in [0.2, 0.25) is 10.0 Å². The lowest BCUT2D eigenvalue weighted by atomic mass is 10.1. The first-order chi connectivity index (χ1) is 13.3. The van der Waals surface area contributed by atoms with Crippen molar-refractivity contribution in [3.8, 4) is 5.75 Å². The molecule has 1 aliphatic rings. The van der Waals surface area contributed by atoms with Crippen molar-refractivity contribution in [1.82, 2.24) is 9.21 Å². The van der Waals surface area contributed by atoms with Crippen LogP contribution in [0.5, 0.6) is 5.75 Å². The Morgan fingerprint density at radius 1 is 1.07 bits per heavy atom. The van der Waals surface area contributed by atoms with Crippen LogP contribution in [0, 0.1) is 13.8 Å². The van der Waals surface area contributed by atoms with Gasteiger partial charge in [-0.15, -0.1) is 0 Å². The Bertz CT molecular complexity index is 890. The van der Waals surface area contributed by atoms with Crippen LogP contribution < -0.4 is 4.74 Å². The van der Waals surface area contributed by atoms with Crippen molar-refractivity contribution in [2.75, 3.05) is 33.3 Å². The van der Waals surface area contributed by atoms with Gasteiger partial charge in [0.25, 0.3) is 0 Å². The van der Waals surface area contributed by atoms with Gasteiger partial charge < -0.3 is 4.74 Å². The molecule has 1 atom stereocenters. The predicted octanol–water partition coefficient (Wildman–Crippen LogP) is 3.25. The van der Waals surface area contributed by atoms with Crippen LogP contribution in [0.15, 0.2) is 47.4 Å². The average molecular weight is 403 g/mol. The van der Waals surface area contributed by atoms with Crippen molar-refractivity contribution >= 4 is 10.0 Å². The third-order valence-corrected chi connectivity index (χ3v) is 7.70. The summed E-state index contributed by atoms with van der Waals surface area (Å²) in [5.41, 5.74) is 2.78. The molecule has 1 aliphatic heterocycles. The molecule has 0 aromatic heterocycles. The summed E-state index contributed by atoms with van der Waals surface area (Å²) in [4.78, 5) is 2.80. The quantitative estimate of drug-likeness (QED) is 0.744. The maximum absolute atomic E-state index is 13.3. The van der Waals surface area contributed by atoms with E-state index in [1.165, 1.54) is 5.56 Å². The first-order valence-corrected chi connectivity index (χ1v) is 11.2. The third kappa shape index (κ3) is 4.40. The summed E-state index contributed by atoms with van der Waals surface area (Å²) >= 11 is 0. The van der Waals surface area contributed by atoms with Gasteiger partial charge in [-0.2, -0.15) is 4.31 Å². The van der Waals surface area contributed by atoms with Crippen molar-refractivity contribution in [3.05, 3.63) is 59.2 Å². The minimum atomic E-state index is -3.52. The van der Waals surface area contributed by atoms with Crippen LogP contribution in [-0.4, -0.2) is 57.0 Å². The highest BCUT2D eigenvalue weighted by Crippen LogP contribution is 2.29. The van der Waals surface area contributed by atoms with E-state index in [4.69, 9.17) is 4.74 Å². The Morgan fingerprint density at radius 3 is 2.29 bits per heavy atom. The Labute approximate surface area is 169 Å². The highest BCUT2D eigenvalue weighted by molar-refractivity contribution is 7.89. The number of methoxy groups -OCH3 is 1. The smallest absolute Gasteiger partial charge is 0.243 e. The number of piperazine rings is 1. The number of sulfonamides is 1. The van der Waals surface area contributed by atoms with Crippen molar-refractivity contribution in [2.24, 2.45) is 0 Å². The molecule has 2 aromatic carbocycles. The first kappa shape index (κ1) is 20.8. The predicted molar refractivity (Wildman–Crippen MR) is 112 cm³/mol. The first-order valence-electron chi connectivity index (χ1n) is 9.76. The minimum Gasteiger partial charge on any atom is -0.497 e. The number of hydrogen-bond acceptors (Lipinski definition) is 4. The fourth-order valence-corrected chi connectivity index (χ4v) is 5.92. The number of rotatable bonds is 6. The lowest BCUT2D eigenvalue weighted by Gasteiger charge is -2.39. The summed E-state index contributed by atoms with van der Waals surface area (Å²) in [7, 11) is -1.92. The molecular formula is C22H30N2O3S. The largest absolute Gasteiger partial charge is 0.497 e. The number of nitrogens with zero attached hydrogens (tertiary/aromatic N) is 2. The molecule has 0 spiro atoms. The molecule has 28 heavy (non-hydrogen) atoms. The zero-order valence-electron chi connectivity index (χ0n) is 17.2. The monoisotopic (exact) mass is 402 g/mol. The molecule has 0 saturated carbocycles. The Morgan fingerprint density at radius 2 is 1.71 bits per heavy atom. The van der Waals surface area contributed by atoms with Gasteiger partial charge in [0.1, 0.15) is 5.75 Å². The molecule has 0 radical (unpaired) electrons. The lowest BCUT2D eigenvalue weighted by molar-refractivity contribution is 0.130. The number of aryl methyl sites for hydroxylation is 2. The van der Waals surface area contributed by atoms with Crippen molar-refractivity contribution in [3.63, 3.8) is 0 Å². The standard InChI is InChI=1S/C22H30N2O3S/c1-17-14-21(27-4)15-18(2)22(17)28(25,26)24-13-12-23(19(3)16-24)11-10-20-8-6-5-7-9-20/h5-9,14-15,19H,10-13,16H2,1-4H3. The summed E-state index contributed by atoms with van der Waals surface area (Å²) in [6.45, 7) is 8.51. The Balaban J connectivity index is 1.71. The van der Waals surface area contributed by atoms with Crippen LogP contribution in [0.2, 0.25) is 0 Å². The summed E-state index contributed by atoms with van der Waals surface area (Å²) < 4.78 is 33.6. The normalized spacial score (nSPS) is 18.9. The molecule has 152 valence electrons. The molecule has 1 heterocycles. The van der Waals surface area contributed by atoms with Gasteiger partial charge >= 0.3 is 0 Å². The maximum atomic E-state index is 13.3. The molecule has 1 unspecified atom stereocenters. The number of benzene rings is 2. The second-order valence-electron chi connectivity index (χ2n) is 7.57. The molecule has 0 N–H and O–H groups in total. The van der Waals surface area contributed by atoms with Crippen LogP contribution in [0.4, 0.5) is 0 Å². The molecule has 0 bridgehead atoms. The number of ether oxygens (including phenoxy) is 1. The van der Waals surface area contributed by atoms with E-state index in [9.17, 15) is 8.42 Å². The number of hydrogen-bond donors (Lipinski definition) is 0. The summed E-state index contributed by atoms with van der Waals surface area (Å²) in [6, 6.07) is 14.2. The van der Waals surface area contributed by atoms with Gasteiger partial charge in [0, 0.05) is 32.2 Å². The second-order valence-corrected chi connectivity index (χ2v) is 9.45. The lowest BCUT2D eigenvalue weighted by Crippen LogP contribution is -2.54. The van der Waals surface area contributed by atoms with Crippen LogP contribution in [0.25, 0.3) is 0 Å².